The van der Waals surface area contributed by atoms with Crippen LogP contribution in [0.4, 0.5) is 11.4 Å². The Morgan fingerprint density at radius 3 is 2.67 bits per heavy atom. The Balaban J connectivity index is 0.00000210. The molecule has 1 aromatic heterocycles. The quantitative estimate of drug-likeness (QED) is 0.611. The molecule has 2 aromatic carbocycles. The van der Waals surface area contributed by atoms with E-state index in [1.165, 1.54) is 12.8 Å². The topological polar surface area (TPSA) is 83.3 Å². The summed E-state index contributed by atoms with van der Waals surface area (Å²) in [5.74, 6) is 0.0481. The van der Waals surface area contributed by atoms with Gasteiger partial charge < -0.3 is 15.4 Å². The van der Waals surface area contributed by atoms with Crippen LogP contribution in [-0.4, -0.2) is 38.5 Å². The summed E-state index contributed by atoms with van der Waals surface area (Å²) >= 11 is 0. The molecule has 1 atom stereocenters. The van der Waals surface area contributed by atoms with Gasteiger partial charge in [-0.05, 0) is 44.5 Å². The first-order valence-corrected chi connectivity index (χ1v) is 8.86. The fourth-order valence-electron chi connectivity index (χ4n) is 3.44. The van der Waals surface area contributed by atoms with Gasteiger partial charge in [-0.3, -0.25) is 4.90 Å². The summed E-state index contributed by atoms with van der Waals surface area (Å²) in [4.78, 5) is 21.5. The maximum absolute atomic E-state index is 10.9. The van der Waals surface area contributed by atoms with Gasteiger partial charge in [-0.1, -0.05) is 24.3 Å². The summed E-state index contributed by atoms with van der Waals surface area (Å²) in [7, 11) is 0. The molecule has 0 spiro atoms. The molecule has 1 fully saturated rings. The Kier molecular flexibility index (Phi) is 6.30. The molecule has 1 aliphatic rings. The number of hydrogen-bond donors (Lipinski definition) is 2. The maximum Gasteiger partial charge on any atom is 0.335 e. The summed E-state index contributed by atoms with van der Waals surface area (Å²) in [6.45, 7) is 4.24. The van der Waals surface area contributed by atoms with Crippen LogP contribution in [0, 0.1) is 0 Å². The second kappa shape index (κ2) is 8.51. The van der Waals surface area contributed by atoms with Crippen molar-refractivity contribution in [3.63, 3.8) is 0 Å². The molecule has 0 amide bonds. The maximum atomic E-state index is 10.9. The van der Waals surface area contributed by atoms with Crippen molar-refractivity contribution in [3.8, 4) is 0 Å². The largest absolute Gasteiger partial charge is 0.658 e. The van der Waals surface area contributed by atoms with Gasteiger partial charge in [0, 0.05) is 38.8 Å². The summed E-state index contributed by atoms with van der Waals surface area (Å²) < 4.78 is 0. The van der Waals surface area contributed by atoms with Gasteiger partial charge in [0.2, 0.25) is 0 Å². The van der Waals surface area contributed by atoms with E-state index in [4.69, 9.17) is 5.11 Å². The average molecular weight is 438 g/mol. The Labute approximate surface area is 183 Å². The molecule has 7 heteroatoms. The van der Waals surface area contributed by atoms with Gasteiger partial charge in [0.15, 0.2) is 0 Å². The number of nitrogens with one attached hydrogen (secondary N) is 1. The third kappa shape index (κ3) is 4.57. The first-order chi connectivity index (χ1) is 12.6. The second-order valence-corrected chi connectivity index (χ2v) is 6.81. The van der Waals surface area contributed by atoms with Gasteiger partial charge in [-0.15, -0.1) is 11.4 Å². The van der Waals surface area contributed by atoms with Crippen molar-refractivity contribution in [2.24, 2.45) is 0 Å². The number of carbonyl (C=O) groups is 1. The molecule has 3 aromatic rings. The van der Waals surface area contributed by atoms with Gasteiger partial charge in [0.25, 0.3) is 0 Å². The van der Waals surface area contributed by atoms with E-state index in [1.54, 1.807) is 24.3 Å². The zero-order valence-corrected chi connectivity index (χ0v) is 18.1. The summed E-state index contributed by atoms with van der Waals surface area (Å²) in [5, 5.41) is 13.5. The SMILES string of the molecule is CC1CCCN1Cc1nc2ccc([N-]c3ccc(C(=O)O)cc3)cc2[nH]1.[Y]. The second-order valence-electron chi connectivity index (χ2n) is 6.81. The van der Waals surface area contributed by atoms with Crippen molar-refractivity contribution in [3.05, 3.63) is 59.2 Å². The minimum atomic E-state index is -0.935. The summed E-state index contributed by atoms with van der Waals surface area (Å²) in [6, 6.07) is 13.0. The molecule has 4 rings (SSSR count). The first kappa shape index (κ1) is 20.0. The Morgan fingerprint density at radius 1 is 1.26 bits per heavy atom. The van der Waals surface area contributed by atoms with Gasteiger partial charge in [-0.2, -0.15) is 0 Å². The Hall–Kier alpha value is -1.76. The van der Waals surface area contributed by atoms with E-state index in [1.807, 2.05) is 18.2 Å². The minimum Gasteiger partial charge on any atom is -0.658 e. The van der Waals surface area contributed by atoms with Gasteiger partial charge in [0.05, 0.1) is 23.1 Å². The molecule has 27 heavy (non-hydrogen) atoms. The molecule has 137 valence electrons. The van der Waals surface area contributed by atoms with E-state index >= 15 is 0 Å². The number of nitrogens with zero attached hydrogens (tertiary/aromatic N) is 3. The van der Waals surface area contributed by atoms with Crippen LogP contribution in [0.5, 0.6) is 0 Å². The normalized spacial score (nSPS) is 17.0. The molecular weight excluding hydrogens is 417 g/mol. The number of likely N-dealkylation sites (tertiary alicyclic amines) is 1. The molecule has 0 bridgehead atoms. The van der Waals surface area contributed by atoms with Gasteiger partial charge >= 0.3 is 5.97 Å². The molecule has 2 heterocycles. The van der Waals surface area contributed by atoms with Crippen molar-refractivity contribution in [2.45, 2.75) is 32.4 Å². The minimum absolute atomic E-state index is 0. The zero-order valence-electron chi connectivity index (χ0n) is 15.2. The molecule has 6 nitrogen and oxygen atoms in total. The molecular formula is C20H21N4O2Y-. The van der Waals surface area contributed by atoms with E-state index in [9.17, 15) is 4.79 Å². The third-order valence-corrected chi connectivity index (χ3v) is 4.93. The van der Waals surface area contributed by atoms with Crippen molar-refractivity contribution in [1.82, 2.24) is 14.9 Å². The fraction of sp³-hybridized carbons (Fsp3) is 0.300. The van der Waals surface area contributed by atoms with Crippen LogP contribution in [0.15, 0.2) is 42.5 Å². The number of hydrogen-bond acceptors (Lipinski definition) is 3. The molecule has 0 saturated carbocycles. The van der Waals surface area contributed by atoms with Crippen LogP contribution < -0.4 is 0 Å². The summed E-state index contributed by atoms with van der Waals surface area (Å²) in [6.07, 6.45) is 2.51. The van der Waals surface area contributed by atoms with Crippen molar-refractivity contribution in [1.29, 1.82) is 0 Å². The van der Waals surface area contributed by atoms with Crippen LogP contribution >= 0.6 is 0 Å². The third-order valence-electron chi connectivity index (χ3n) is 4.93. The number of carboxylic acids is 1. The molecule has 1 aliphatic heterocycles. The van der Waals surface area contributed by atoms with E-state index < -0.39 is 5.97 Å². The molecule has 1 saturated heterocycles. The number of imidazole rings is 1. The number of fused-ring (bicyclic) bond motifs is 1. The van der Waals surface area contributed by atoms with E-state index in [0.29, 0.717) is 6.04 Å². The zero-order chi connectivity index (χ0) is 18.1. The van der Waals surface area contributed by atoms with E-state index in [0.717, 1.165) is 41.3 Å². The van der Waals surface area contributed by atoms with Crippen molar-refractivity contribution >= 4 is 28.4 Å². The number of aromatic carboxylic acids is 1. The first-order valence-electron chi connectivity index (χ1n) is 8.86. The number of aromatic nitrogens is 2. The van der Waals surface area contributed by atoms with Gasteiger partial charge in [0.1, 0.15) is 5.82 Å². The predicted molar refractivity (Wildman–Crippen MR) is 101 cm³/mol. The molecule has 0 aliphatic carbocycles. The predicted octanol–water partition coefficient (Wildman–Crippen LogP) is 4.58. The molecule has 1 radical (unpaired) electrons. The Morgan fingerprint density at radius 2 is 2.00 bits per heavy atom. The standard InChI is InChI=1S/C20H21N4O2.Y/c1-13-3-2-10-24(13)12-19-22-17-9-8-16(11-18(17)23-19)21-15-6-4-14(5-7-15)20(25)26;/h4-9,11,13H,2-3,10,12H2,1H3,(H,22,23)(H,25,26);/q-1;. The number of benzene rings is 2. The smallest absolute Gasteiger partial charge is 0.335 e. The number of H-pyrrole nitrogens is 1. The van der Waals surface area contributed by atoms with E-state index in [-0.39, 0.29) is 38.3 Å². The molecule has 1 unspecified atom stereocenters. The summed E-state index contributed by atoms with van der Waals surface area (Å²) in [5.41, 5.74) is 3.70. The number of carboxylic acid groups (broad SMARTS) is 1. The number of rotatable bonds is 5. The monoisotopic (exact) mass is 438 g/mol. The Bertz CT molecular complexity index is 939. The molecule has 2 N–H and O–H groups in total. The van der Waals surface area contributed by atoms with E-state index in [2.05, 4.69) is 27.1 Å². The van der Waals surface area contributed by atoms with Crippen LogP contribution in [0.3, 0.4) is 0 Å². The van der Waals surface area contributed by atoms with Crippen molar-refractivity contribution < 1.29 is 42.6 Å². The van der Waals surface area contributed by atoms with Crippen LogP contribution in [-0.2, 0) is 39.3 Å². The number of aromatic amines is 1. The average Bonchev–Trinajstić information content (AvgIpc) is 3.21. The van der Waals surface area contributed by atoms with Gasteiger partial charge in [-0.25, -0.2) is 9.78 Å². The van der Waals surface area contributed by atoms with Crippen LogP contribution in [0.1, 0.15) is 35.9 Å². The van der Waals surface area contributed by atoms with Crippen LogP contribution in [0.2, 0.25) is 0 Å². The van der Waals surface area contributed by atoms with Crippen molar-refractivity contribution in [2.75, 3.05) is 6.54 Å². The fourth-order valence-corrected chi connectivity index (χ4v) is 3.44. The van der Waals surface area contributed by atoms with Crippen LogP contribution in [0.25, 0.3) is 16.4 Å².